The fourth-order valence-electron chi connectivity index (χ4n) is 3.48. The van der Waals surface area contributed by atoms with Gasteiger partial charge in [0, 0.05) is 12.8 Å². The van der Waals surface area contributed by atoms with Crippen LogP contribution in [-0.4, -0.2) is 30.1 Å². The Hall–Kier alpha value is -2.69. The van der Waals surface area contributed by atoms with E-state index in [0.29, 0.717) is 18.6 Å². The molecule has 2 aromatic carbocycles. The van der Waals surface area contributed by atoms with Gasteiger partial charge in [-0.25, -0.2) is 8.78 Å². The SMILES string of the molecule is C=C(CCC(=O)N1CC(F)CC1c1cccc(F)c1)COc1cccc(C)c1. The van der Waals surface area contributed by atoms with Crippen molar-refractivity contribution in [3.05, 3.63) is 77.6 Å². The van der Waals surface area contributed by atoms with E-state index in [4.69, 9.17) is 4.74 Å². The van der Waals surface area contributed by atoms with Crippen LogP contribution in [0.3, 0.4) is 0 Å². The average Bonchev–Trinajstić information content (AvgIpc) is 3.06. The highest BCUT2D eigenvalue weighted by atomic mass is 19.1. The van der Waals surface area contributed by atoms with Crippen molar-refractivity contribution < 1.29 is 18.3 Å². The summed E-state index contributed by atoms with van der Waals surface area (Å²) < 4.78 is 33.2. The number of carbonyl (C=O) groups excluding carboxylic acids is 1. The minimum atomic E-state index is -1.09. The highest BCUT2D eigenvalue weighted by Gasteiger charge is 2.36. The van der Waals surface area contributed by atoms with Crippen molar-refractivity contribution in [3.8, 4) is 5.75 Å². The van der Waals surface area contributed by atoms with Gasteiger partial charge < -0.3 is 9.64 Å². The van der Waals surface area contributed by atoms with Gasteiger partial charge in [0.15, 0.2) is 0 Å². The van der Waals surface area contributed by atoms with Crippen molar-refractivity contribution in [3.63, 3.8) is 0 Å². The quantitative estimate of drug-likeness (QED) is 0.616. The highest BCUT2D eigenvalue weighted by molar-refractivity contribution is 5.77. The van der Waals surface area contributed by atoms with Crippen LogP contribution in [0.5, 0.6) is 5.75 Å². The molecule has 0 spiro atoms. The maximum Gasteiger partial charge on any atom is 0.223 e. The number of halogens is 2. The van der Waals surface area contributed by atoms with E-state index in [-0.39, 0.29) is 31.1 Å². The Labute approximate surface area is 164 Å². The molecule has 1 amide bonds. The van der Waals surface area contributed by atoms with Crippen molar-refractivity contribution in [1.82, 2.24) is 4.90 Å². The van der Waals surface area contributed by atoms with Gasteiger partial charge in [-0.3, -0.25) is 4.79 Å². The number of amides is 1. The molecule has 2 unspecified atom stereocenters. The molecule has 1 aliphatic rings. The number of alkyl halides is 1. The molecule has 5 heteroatoms. The molecule has 3 nitrogen and oxygen atoms in total. The van der Waals surface area contributed by atoms with E-state index in [9.17, 15) is 13.6 Å². The summed E-state index contributed by atoms with van der Waals surface area (Å²) in [6, 6.07) is 13.3. The number of hydrogen-bond donors (Lipinski definition) is 0. The third-order valence-corrected chi connectivity index (χ3v) is 4.93. The van der Waals surface area contributed by atoms with Crippen LogP contribution in [0, 0.1) is 12.7 Å². The largest absolute Gasteiger partial charge is 0.489 e. The number of rotatable bonds is 7. The second kappa shape index (κ2) is 9.00. The van der Waals surface area contributed by atoms with E-state index in [1.165, 1.54) is 17.0 Å². The number of benzene rings is 2. The summed E-state index contributed by atoms with van der Waals surface area (Å²) >= 11 is 0. The maximum absolute atomic E-state index is 14.0. The predicted octanol–water partition coefficient (Wildman–Crippen LogP) is 5.16. The molecule has 1 saturated heterocycles. The van der Waals surface area contributed by atoms with Crippen LogP contribution in [0.25, 0.3) is 0 Å². The van der Waals surface area contributed by atoms with Crippen LogP contribution in [0.2, 0.25) is 0 Å². The van der Waals surface area contributed by atoms with E-state index in [1.54, 1.807) is 12.1 Å². The zero-order valence-electron chi connectivity index (χ0n) is 16.0. The molecule has 0 N–H and O–H groups in total. The van der Waals surface area contributed by atoms with Gasteiger partial charge in [-0.1, -0.05) is 30.8 Å². The first-order chi connectivity index (χ1) is 13.4. The third kappa shape index (κ3) is 5.18. The molecule has 0 aromatic heterocycles. The summed E-state index contributed by atoms with van der Waals surface area (Å²) in [5.41, 5.74) is 2.54. The molecule has 2 aromatic rings. The summed E-state index contributed by atoms with van der Waals surface area (Å²) in [4.78, 5) is 14.2. The molecule has 1 fully saturated rings. The van der Waals surface area contributed by atoms with Gasteiger partial charge >= 0.3 is 0 Å². The molecule has 1 heterocycles. The zero-order chi connectivity index (χ0) is 20.1. The molecule has 0 saturated carbocycles. The lowest BCUT2D eigenvalue weighted by molar-refractivity contribution is -0.132. The van der Waals surface area contributed by atoms with Crippen LogP contribution >= 0.6 is 0 Å². The van der Waals surface area contributed by atoms with Crippen molar-refractivity contribution >= 4 is 5.91 Å². The lowest BCUT2D eigenvalue weighted by atomic mass is 10.0. The number of ether oxygens (including phenoxy) is 1. The third-order valence-electron chi connectivity index (χ3n) is 4.93. The van der Waals surface area contributed by atoms with Gasteiger partial charge in [0.05, 0.1) is 12.6 Å². The maximum atomic E-state index is 14.0. The normalized spacial score (nSPS) is 18.9. The van der Waals surface area contributed by atoms with Crippen LogP contribution < -0.4 is 4.74 Å². The lowest BCUT2D eigenvalue weighted by Crippen LogP contribution is -2.31. The van der Waals surface area contributed by atoms with Crippen molar-refractivity contribution in [2.45, 2.75) is 38.4 Å². The fraction of sp³-hybridized carbons (Fsp3) is 0.348. The summed E-state index contributed by atoms with van der Waals surface area (Å²) in [6.07, 6.45) is -0.195. The minimum Gasteiger partial charge on any atom is -0.489 e. The second-order valence-corrected chi connectivity index (χ2v) is 7.31. The Balaban J connectivity index is 1.53. The first-order valence-electron chi connectivity index (χ1n) is 9.47. The van der Waals surface area contributed by atoms with Gasteiger partial charge in [0.1, 0.15) is 24.3 Å². The van der Waals surface area contributed by atoms with Crippen LogP contribution in [0.1, 0.15) is 36.4 Å². The average molecular weight is 385 g/mol. The Bertz CT molecular complexity index is 852. The number of nitrogens with zero attached hydrogens (tertiary/aromatic N) is 1. The molecule has 0 bridgehead atoms. The van der Waals surface area contributed by atoms with E-state index < -0.39 is 12.2 Å². The Morgan fingerprint density at radius 3 is 2.75 bits per heavy atom. The van der Waals surface area contributed by atoms with E-state index >= 15 is 0 Å². The molecule has 1 aliphatic heterocycles. The second-order valence-electron chi connectivity index (χ2n) is 7.31. The zero-order valence-corrected chi connectivity index (χ0v) is 16.0. The van der Waals surface area contributed by atoms with Gasteiger partial charge in [-0.2, -0.15) is 0 Å². The standard InChI is InChI=1S/C23H25F2NO2/c1-16-5-3-8-21(11-16)28-15-17(2)9-10-23(27)26-14-20(25)13-22(26)18-6-4-7-19(24)12-18/h3-8,11-12,20,22H,2,9-10,13-15H2,1H3. The van der Waals surface area contributed by atoms with Crippen LogP contribution in [0.15, 0.2) is 60.7 Å². The molecule has 28 heavy (non-hydrogen) atoms. The smallest absolute Gasteiger partial charge is 0.223 e. The van der Waals surface area contributed by atoms with Crippen LogP contribution in [-0.2, 0) is 4.79 Å². The molecule has 0 aliphatic carbocycles. The van der Waals surface area contributed by atoms with Gasteiger partial charge in [0.25, 0.3) is 0 Å². The molecule has 148 valence electrons. The molecular weight excluding hydrogens is 360 g/mol. The number of aryl methyl sites for hydroxylation is 1. The van der Waals surface area contributed by atoms with Crippen molar-refractivity contribution in [2.24, 2.45) is 0 Å². The van der Waals surface area contributed by atoms with Crippen molar-refractivity contribution in [2.75, 3.05) is 13.2 Å². The summed E-state index contributed by atoms with van der Waals surface area (Å²) in [6.45, 7) is 6.34. The lowest BCUT2D eigenvalue weighted by Gasteiger charge is -2.25. The molecule has 0 radical (unpaired) electrons. The Kier molecular flexibility index (Phi) is 6.45. The predicted molar refractivity (Wildman–Crippen MR) is 105 cm³/mol. The van der Waals surface area contributed by atoms with Gasteiger partial charge in [-0.05, 0) is 54.3 Å². The van der Waals surface area contributed by atoms with Crippen LogP contribution in [0.4, 0.5) is 8.78 Å². The Morgan fingerprint density at radius 1 is 1.21 bits per heavy atom. The summed E-state index contributed by atoms with van der Waals surface area (Å²) in [7, 11) is 0. The van der Waals surface area contributed by atoms with Gasteiger partial charge in [-0.15, -0.1) is 0 Å². The minimum absolute atomic E-state index is 0.0479. The number of carbonyl (C=O) groups is 1. The van der Waals surface area contributed by atoms with Gasteiger partial charge in [0.2, 0.25) is 5.91 Å². The molecule has 2 atom stereocenters. The molecular formula is C23H25F2NO2. The fourth-order valence-corrected chi connectivity index (χ4v) is 3.48. The Morgan fingerprint density at radius 2 is 2.00 bits per heavy atom. The van der Waals surface area contributed by atoms with Crippen molar-refractivity contribution in [1.29, 1.82) is 0 Å². The number of hydrogen-bond acceptors (Lipinski definition) is 2. The monoisotopic (exact) mass is 385 g/mol. The highest BCUT2D eigenvalue weighted by Crippen LogP contribution is 2.34. The van der Waals surface area contributed by atoms with E-state index in [2.05, 4.69) is 6.58 Å². The number of likely N-dealkylation sites (tertiary alicyclic amines) is 1. The molecule has 3 rings (SSSR count). The first-order valence-corrected chi connectivity index (χ1v) is 9.47. The first kappa shape index (κ1) is 20.1. The van der Waals surface area contributed by atoms with E-state index in [0.717, 1.165) is 16.9 Å². The summed E-state index contributed by atoms with van der Waals surface area (Å²) in [5, 5.41) is 0. The van der Waals surface area contributed by atoms with E-state index in [1.807, 2.05) is 31.2 Å². The summed E-state index contributed by atoms with van der Waals surface area (Å²) in [5.74, 6) is 0.235. The topological polar surface area (TPSA) is 29.5 Å².